The van der Waals surface area contributed by atoms with Crippen molar-refractivity contribution in [3.05, 3.63) is 22.5 Å². The van der Waals surface area contributed by atoms with Crippen molar-refractivity contribution in [2.75, 3.05) is 7.11 Å². The number of aliphatic hydroxyl groups excluding tert-OH is 3. The lowest BCUT2D eigenvalue weighted by Gasteiger charge is -2.31. The number of nitrogens with one attached hydrogen (secondary N) is 1. The Hall–Kier alpha value is -1.97. The summed E-state index contributed by atoms with van der Waals surface area (Å²) in [4.78, 5) is 26.6. The van der Waals surface area contributed by atoms with Crippen molar-refractivity contribution in [2.45, 2.75) is 50.9 Å². The molecule has 1 aliphatic rings. The van der Waals surface area contributed by atoms with Gasteiger partial charge >= 0.3 is 11.9 Å². The summed E-state index contributed by atoms with van der Waals surface area (Å²) in [6, 6.07) is 0. The number of methoxy groups -OCH3 is 1. The van der Waals surface area contributed by atoms with Gasteiger partial charge in [-0.15, -0.1) is 0 Å². The van der Waals surface area contributed by atoms with Crippen LogP contribution in [0.3, 0.4) is 0 Å². The molecule has 2 rings (SSSR count). The lowest BCUT2D eigenvalue weighted by atomic mass is 9.91. The van der Waals surface area contributed by atoms with Gasteiger partial charge < -0.3 is 29.8 Å². The number of aromatic amines is 1. The summed E-state index contributed by atoms with van der Waals surface area (Å²) >= 11 is 0. The highest BCUT2D eigenvalue weighted by Crippen LogP contribution is 2.37. The van der Waals surface area contributed by atoms with Crippen LogP contribution in [0.25, 0.3) is 0 Å². The van der Waals surface area contributed by atoms with E-state index >= 15 is 0 Å². The maximum atomic E-state index is 13.0. The minimum atomic E-state index is -2.70. The number of carbonyl (C=O) groups is 2. The van der Waals surface area contributed by atoms with Gasteiger partial charge in [0, 0.05) is 5.56 Å². The van der Waals surface area contributed by atoms with Gasteiger partial charge in [0.25, 0.3) is 0 Å². The van der Waals surface area contributed by atoms with Crippen molar-refractivity contribution in [1.29, 1.82) is 0 Å². The number of rotatable bonds is 6. The molecular formula is C15H20FNO7. The molecule has 0 amide bonds. The third-order valence-corrected chi connectivity index (χ3v) is 3.99. The molecule has 0 radical (unpaired) electrons. The average molecular weight is 345 g/mol. The van der Waals surface area contributed by atoms with Crippen LogP contribution in [0.1, 0.15) is 58.0 Å². The Balaban J connectivity index is 2.53. The molecule has 9 heteroatoms. The van der Waals surface area contributed by atoms with Gasteiger partial charge in [0.2, 0.25) is 6.36 Å². The summed E-state index contributed by atoms with van der Waals surface area (Å²) in [7, 11) is 1.17. The molecule has 1 aromatic heterocycles. The van der Waals surface area contributed by atoms with Crippen LogP contribution in [0.5, 0.6) is 0 Å². The van der Waals surface area contributed by atoms with Gasteiger partial charge in [-0.05, 0) is 18.4 Å². The molecule has 0 bridgehead atoms. The number of H-pyrrole nitrogens is 1. The lowest BCUT2D eigenvalue weighted by Crippen LogP contribution is -2.45. The van der Waals surface area contributed by atoms with E-state index in [0.29, 0.717) is 18.4 Å². The van der Waals surface area contributed by atoms with E-state index in [1.54, 1.807) is 0 Å². The molecule has 1 aliphatic heterocycles. The first kappa shape index (κ1) is 18.4. The molecule has 0 fully saturated rings. The first-order valence-electron chi connectivity index (χ1n) is 7.55. The molecule has 8 nitrogen and oxygen atoms in total. The Morgan fingerprint density at radius 2 is 2.12 bits per heavy atom. The molecule has 1 aromatic rings. The predicted molar refractivity (Wildman–Crippen MR) is 78.0 cm³/mol. The van der Waals surface area contributed by atoms with Gasteiger partial charge in [0.05, 0.1) is 7.11 Å². The van der Waals surface area contributed by atoms with Crippen molar-refractivity contribution in [2.24, 2.45) is 0 Å². The largest absolute Gasteiger partial charge is 0.464 e. The molecular weight excluding hydrogens is 325 g/mol. The van der Waals surface area contributed by atoms with Crippen LogP contribution in [0.15, 0.2) is 0 Å². The number of fused-ring (bicyclic) bond motifs is 1. The third-order valence-electron chi connectivity index (χ3n) is 3.99. The SMILES string of the molecule is CCCCc1c(C(=O)OC)[nH]c2c1C(O)C(C(O)C(O)F)OC2=O. The van der Waals surface area contributed by atoms with E-state index in [9.17, 15) is 24.2 Å². The fourth-order valence-electron chi connectivity index (χ4n) is 2.75. The minimum Gasteiger partial charge on any atom is -0.464 e. The standard InChI is InChI=1S/C15H20FNO7/c1-3-4-5-6-7-9(17-8(6)14(21)23-2)15(22)24-12(10(7)18)11(19)13(16)20/h10-13,17-20H,3-5H2,1-2H3. The number of carbonyl (C=O) groups excluding carboxylic acids is 2. The number of aliphatic hydroxyl groups is 3. The Labute approximate surface area is 137 Å². The fraction of sp³-hybridized carbons (Fsp3) is 0.600. The quantitative estimate of drug-likeness (QED) is 0.548. The maximum Gasteiger partial charge on any atom is 0.355 e. The molecule has 0 saturated heterocycles. The molecule has 0 saturated carbocycles. The Bertz CT molecular complexity index is 628. The summed E-state index contributed by atoms with van der Waals surface area (Å²) in [5, 5.41) is 28.9. The smallest absolute Gasteiger partial charge is 0.355 e. The van der Waals surface area contributed by atoms with Gasteiger partial charge in [-0.3, -0.25) is 0 Å². The highest BCUT2D eigenvalue weighted by molar-refractivity contribution is 5.97. The summed E-state index contributed by atoms with van der Waals surface area (Å²) in [5.41, 5.74) is 0.270. The van der Waals surface area contributed by atoms with E-state index in [1.165, 1.54) is 7.11 Å². The number of aromatic nitrogens is 1. The van der Waals surface area contributed by atoms with Gasteiger partial charge in [0.1, 0.15) is 23.6 Å². The molecule has 4 N–H and O–H groups in total. The molecule has 134 valence electrons. The number of cyclic esters (lactones) is 1. The van der Waals surface area contributed by atoms with E-state index in [4.69, 9.17) is 9.84 Å². The highest BCUT2D eigenvalue weighted by Gasteiger charge is 2.45. The van der Waals surface area contributed by atoms with E-state index in [1.807, 2.05) is 6.92 Å². The molecule has 0 aliphatic carbocycles. The molecule has 0 spiro atoms. The number of ether oxygens (including phenoxy) is 2. The van der Waals surface area contributed by atoms with Crippen molar-refractivity contribution in [3.8, 4) is 0 Å². The molecule has 0 aromatic carbocycles. The van der Waals surface area contributed by atoms with E-state index in [0.717, 1.165) is 6.42 Å². The van der Waals surface area contributed by atoms with Crippen molar-refractivity contribution in [3.63, 3.8) is 0 Å². The molecule has 4 atom stereocenters. The second-order valence-electron chi connectivity index (χ2n) is 5.54. The normalized spacial score (nSPS) is 22.5. The zero-order valence-electron chi connectivity index (χ0n) is 13.3. The van der Waals surface area contributed by atoms with Crippen molar-refractivity contribution in [1.82, 2.24) is 4.98 Å². The minimum absolute atomic E-state index is 0.00267. The fourth-order valence-corrected chi connectivity index (χ4v) is 2.75. The maximum absolute atomic E-state index is 13.0. The highest BCUT2D eigenvalue weighted by atomic mass is 19.1. The van der Waals surface area contributed by atoms with E-state index < -0.39 is 36.6 Å². The Morgan fingerprint density at radius 1 is 1.46 bits per heavy atom. The van der Waals surface area contributed by atoms with Crippen LogP contribution >= 0.6 is 0 Å². The topological polar surface area (TPSA) is 129 Å². The van der Waals surface area contributed by atoms with E-state index in [-0.39, 0.29) is 17.0 Å². The van der Waals surface area contributed by atoms with Gasteiger partial charge in [-0.2, -0.15) is 0 Å². The summed E-state index contributed by atoms with van der Waals surface area (Å²) in [6.07, 6.45) is -6.29. The first-order chi connectivity index (χ1) is 11.3. The average Bonchev–Trinajstić information content (AvgIpc) is 2.94. The van der Waals surface area contributed by atoms with E-state index in [2.05, 4.69) is 9.72 Å². The number of hydrogen-bond donors (Lipinski definition) is 4. The number of hydrogen-bond acceptors (Lipinski definition) is 7. The molecule has 4 unspecified atom stereocenters. The van der Waals surface area contributed by atoms with Crippen LogP contribution in [0.4, 0.5) is 4.39 Å². The second-order valence-corrected chi connectivity index (χ2v) is 5.54. The van der Waals surface area contributed by atoms with Crippen molar-refractivity contribution < 1.29 is 38.8 Å². The summed E-state index contributed by atoms with van der Waals surface area (Å²) in [6.45, 7) is 1.92. The number of alkyl halides is 1. The first-order valence-corrected chi connectivity index (χ1v) is 7.55. The Kier molecular flexibility index (Phi) is 5.58. The number of esters is 2. The Morgan fingerprint density at radius 3 is 2.67 bits per heavy atom. The zero-order valence-corrected chi connectivity index (χ0v) is 13.3. The van der Waals surface area contributed by atoms with Gasteiger partial charge in [-0.25, -0.2) is 14.0 Å². The van der Waals surface area contributed by atoms with Gasteiger partial charge in [-0.1, -0.05) is 13.3 Å². The van der Waals surface area contributed by atoms with Gasteiger partial charge in [0.15, 0.2) is 6.10 Å². The molecule has 2 heterocycles. The van der Waals surface area contributed by atoms with Crippen LogP contribution < -0.4 is 0 Å². The predicted octanol–water partition coefficient (Wildman–Crippen LogP) is 0.365. The van der Waals surface area contributed by atoms with Crippen LogP contribution in [0, 0.1) is 0 Å². The summed E-state index contributed by atoms with van der Waals surface area (Å²) < 4.78 is 22.4. The number of halogens is 1. The van der Waals surface area contributed by atoms with Crippen LogP contribution in [-0.4, -0.2) is 57.9 Å². The molecule has 24 heavy (non-hydrogen) atoms. The van der Waals surface area contributed by atoms with Crippen LogP contribution in [0.2, 0.25) is 0 Å². The summed E-state index contributed by atoms with van der Waals surface area (Å²) in [5.74, 6) is -1.69. The van der Waals surface area contributed by atoms with Crippen molar-refractivity contribution >= 4 is 11.9 Å². The van der Waals surface area contributed by atoms with Crippen LogP contribution in [-0.2, 0) is 15.9 Å². The third kappa shape index (κ3) is 3.14. The number of unbranched alkanes of at least 4 members (excludes halogenated alkanes) is 1. The lowest BCUT2D eigenvalue weighted by molar-refractivity contribution is -0.151. The zero-order chi connectivity index (χ0) is 18.0. The monoisotopic (exact) mass is 345 g/mol. The second kappa shape index (κ2) is 7.29.